The van der Waals surface area contributed by atoms with Gasteiger partial charge in [-0.05, 0) is 54.9 Å². The molecule has 0 unspecified atom stereocenters. The molecule has 5 atom stereocenters. The largest absolute Gasteiger partial charge is 0.294 e. The van der Waals surface area contributed by atoms with E-state index < -0.39 is 0 Å². The maximum Gasteiger partial charge on any atom is 0.163 e. The van der Waals surface area contributed by atoms with Crippen LogP contribution in [0.2, 0.25) is 0 Å². The van der Waals surface area contributed by atoms with Crippen molar-refractivity contribution in [3.63, 3.8) is 0 Å². The summed E-state index contributed by atoms with van der Waals surface area (Å²) in [6.45, 7) is 6.14. The first-order valence-corrected chi connectivity index (χ1v) is 8.98. The average Bonchev–Trinajstić information content (AvgIpc) is 3.19. The van der Waals surface area contributed by atoms with Crippen LogP contribution in [0.3, 0.4) is 0 Å². The molecule has 2 bridgehead atoms. The van der Waals surface area contributed by atoms with Crippen LogP contribution in [-0.4, -0.2) is 5.78 Å². The molecule has 22 heavy (non-hydrogen) atoms. The third kappa shape index (κ3) is 2.66. The van der Waals surface area contributed by atoms with Gasteiger partial charge < -0.3 is 0 Å². The van der Waals surface area contributed by atoms with Gasteiger partial charge in [0.25, 0.3) is 0 Å². The molecule has 0 aromatic carbocycles. The van der Waals surface area contributed by atoms with Gasteiger partial charge in [-0.15, -0.1) is 6.58 Å². The van der Waals surface area contributed by atoms with Crippen molar-refractivity contribution in [2.45, 2.75) is 45.4 Å². The van der Waals surface area contributed by atoms with E-state index >= 15 is 0 Å². The molecule has 2 fully saturated rings. The second-order valence-electron chi connectivity index (χ2n) is 7.09. The monoisotopic (exact) mass is 296 g/mol. The van der Waals surface area contributed by atoms with Crippen LogP contribution in [0.25, 0.3) is 0 Å². The molecule has 0 spiro atoms. The number of ketones is 1. The molecule has 0 amide bonds. The number of rotatable bonds is 7. The number of hydrogen-bond donors (Lipinski definition) is 0. The second-order valence-corrected chi connectivity index (χ2v) is 7.09. The molecule has 118 valence electrons. The Labute approximate surface area is 134 Å². The molecule has 2 saturated carbocycles. The van der Waals surface area contributed by atoms with Crippen LogP contribution in [0.4, 0.5) is 0 Å². The number of allylic oxidation sites excluding steroid dienone is 7. The number of Topliss-reactive ketones (excluding diaryl/α,β-unsaturated/α-hetero) is 1. The lowest BCUT2D eigenvalue weighted by atomic mass is 9.79. The Hall–Kier alpha value is -1.37. The first-order valence-electron chi connectivity index (χ1n) is 8.98. The highest BCUT2D eigenvalue weighted by Crippen LogP contribution is 2.58. The highest BCUT2D eigenvalue weighted by molar-refractivity contribution is 6.01. The van der Waals surface area contributed by atoms with Gasteiger partial charge >= 0.3 is 0 Å². The van der Waals surface area contributed by atoms with Crippen LogP contribution < -0.4 is 0 Å². The van der Waals surface area contributed by atoms with Gasteiger partial charge in [-0.3, -0.25) is 4.79 Å². The smallest absolute Gasteiger partial charge is 0.163 e. The molecule has 0 radical (unpaired) electrons. The fourth-order valence-electron chi connectivity index (χ4n) is 4.81. The Morgan fingerprint density at radius 2 is 2.09 bits per heavy atom. The molecule has 0 heterocycles. The SMILES string of the molecule is C=CC[C@H]1/C(=C\C=C\CCCCC)C(=O)[C@H]2[C@@H]1[C@H]1C=C[C@@H]2C1. The molecular formula is C21H28O. The number of unbranched alkanes of at least 4 members (excludes halogenated alkanes) is 3. The van der Waals surface area contributed by atoms with E-state index in [0.29, 0.717) is 29.5 Å². The Bertz CT molecular complexity index is 522. The molecule has 0 aromatic heterocycles. The number of carbonyl (C=O) groups excluding carboxylic acids is 1. The van der Waals surface area contributed by atoms with Crippen molar-refractivity contribution in [3.05, 3.63) is 48.6 Å². The van der Waals surface area contributed by atoms with E-state index in [-0.39, 0.29) is 5.92 Å². The first-order chi connectivity index (χ1) is 10.8. The molecule has 0 aliphatic heterocycles. The third-order valence-electron chi connectivity index (χ3n) is 5.78. The maximum absolute atomic E-state index is 12.9. The van der Waals surface area contributed by atoms with Crippen LogP contribution in [0.5, 0.6) is 0 Å². The van der Waals surface area contributed by atoms with Gasteiger partial charge in [-0.1, -0.05) is 56.2 Å². The summed E-state index contributed by atoms with van der Waals surface area (Å²) in [6.07, 6.45) is 20.2. The van der Waals surface area contributed by atoms with Crippen LogP contribution in [-0.2, 0) is 4.79 Å². The number of hydrogen-bond acceptors (Lipinski definition) is 1. The summed E-state index contributed by atoms with van der Waals surface area (Å²) in [6, 6.07) is 0. The summed E-state index contributed by atoms with van der Waals surface area (Å²) in [5, 5.41) is 0. The summed E-state index contributed by atoms with van der Waals surface area (Å²) in [5.41, 5.74) is 1.07. The Morgan fingerprint density at radius 3 is 2.86 bits per heavy atom. The van der Waals surface area contributed by atoms with Crippen LogP contribution >= 0.6 is 0 Å². The van der Waals surface area contributed by atoms with Gasteiger partial charge in [0.15, 0.2) is 5.78 Å². The Kier molecular flexibility index (Phi) is 4.81. The summed E-state index contributed by atoms with van der Waals surface area (Å²) in [5.74, 6) is 2.76. The molecule has 1 nitrogen and oxygen atoms in total. The van der Waals surface area contributed by atoms with E-state index in [0.717, 1.165) is 18.4 Å². The normalized spacial score (nSPS) is 37.6. The van der Waals surface area contributed by atoms with E-state index in [1.807, 2.05) is 6.08 Å². The van der Waals surface area contributed by atoms with Gasteiger partial charge in [-0.2, -0.15) is 0 Å². The van der Waals surface area contributed by atoms with Crippen molar-refractivity contribution < 1.29 is 4.79 Å². The fraction of sp³-hybridized carbons (Fsp3) is 0.571. The van der Waals surface area contributed by atoms with Gasteiger partial charge in [0.1, 0.15) is 0 Å². The van der Waals surface area contributed by atoms with E-state index in [1.165, 1.54) is 25.7 Å². The zero-order valence-electron chi connectivity index (χ0n) is 13.7. The van der Waals surface area contributed by atoms with E-state index in [1.54, 1.807) is 0 Å². The van der Waals surface area contributed by atoms with Crippen molar-refractivity contribution in [3.8, 4) is 0 Å². The summed E-state index contributed by atoms with van der Waals surface area (Å²) >= 11 is 0. The van der Waals surface area contributed by atoms with Crippen molar-refractivity contribution in [2.24, 2.45) is 29.6 Å². The van der Waals surface area contributed by atoms with Crippen LogP contribution in [0.15, 0.2) is 48.6 Å². The second kappa shape index (κ2) is 6.81. The summed E-state index contributed by atoms with van der Waals surface area (Å²) in [7, 11) is 0. The fourth-order valence-corrected chi connectivity index (χ4v) is 4.81. The quantitative estimate of drug-likeness (QED) is 0.356. The van der Waals surface area contributed by atoms with Crippen LogP contribution in [0, 0.1) is 29.6 Å². The Morgan fingerprint density at radius 1 is 1.27 bits per heavy atom. The maximum atomic E-state index is 12.9. The molecule has 1 heteroatoms. The highest BCUT2D eigenvalue weighted by atomic mass is 16.1. The first kappa shape index (κ1) is 15.5. The molecule has 0 aromatic rings. The third-order valence-corrected chi connectivity index (χ3v) is 5.78. The van der Waals surface area contributed by atoms with Gasteiger partial charge in [0.2, 0.25) is 0 Å². The molecule has 0 N–H and O–H groups in total. The Balaban J connectivity index is 1.73. The zero-order valence-corrected chi connectivity index (χ0v) is 13.7. The minimum Gasteiger partial charge on any atom is -0.294 e. The average molecular weight is 296 g/mol. The van der Waals surface area contributed by atoms with Crippen molar-refractivity contribution in [2.75, 3.05) is 0 Å². The molecular weight excluding hydrogens is 268 g/mol. The van der Waals surface area contributed by atoms with Gasteiger partial charge in [0.05, 0.1) is 0 Å². The lowest BCUT2D eigenvalue weighted by Crippen LogP contribution is -2.21. The van der Waals surface area contributed by atoms with Crippen LogP contribution in [0.1, 0.15) is 45.4 Å². The minimum atomic E-state index is 0.264. The van der Waals surface area contributed by atoms with E-state index in [2.05, 4.69) is 43.9 Å². The summed E-state index contributed by atoms with van der Waals surface area (Å²) in [4.78, 5) is 12.9. The van der Waals surface area contributed by atoms with Gasteiger partial charge in [0, 0.05) is 5.92 Å². The lowest BCUT2D eigenvalue weighted by Gasteiger charge is -2.23. The van der Waals surface area contributed by atoms with E-state index in [4.69, 9.17) is 0 Å². The molecule has 3 aliphatic rings. The predicted octanol–water partition coefficient (Wildman–Crippen LogP) is 5.26. The summed E-state index contributed by atoms with van der Waals surface area (Å²) < 4.78 is 0. The van der Waals surface area contributed by atoms with Crippen molar-refractivity contribution in [1.82, 2.24) is 0 Å². The number of carbonyl (C=O) groups is 1. The minimum absolute atomic E-state index is 0.264. The number of fused-ring (bicyclic) bond motifs is 5. The topological polar surface area (TPSA) is 17.1 Å². The predicted molar refractivity (Wildman–Crippen MR) is 92.4 cm³/mol. The van der Waals surface area contributed by atoms with Crippen molar-refractivity contribution >= 4 is 5.78 Å². The zero-order chi connectivity index (χ0) is 15.5. The molecule has 3 rings (SSSR count). The standard InChI is InChI=1S/C21H28O/c1-3-5-6-7-8-9-11-18-17(10-4-2)19-15-12-13-16(14-15)20(19)21(18)22/h4,8-9,11-13,15-17,19-20H,2-3,5-7,10,14H2,1H3/b9-8+,18-11+/t15-,16+,17-,19+,20+/m0/s1. The van der Waals surface area contributed by atoms with E-state index in [9.17, 15) is 4.79 Å². The van der Waals surface area contributed by atoms with Gasteiger partial charge in [-0.25, -0.2) is 0 Å². The highest BCUT2D eigenvalue weighted by Gasteiger charge is 2.56. The molecule has 0 saturated heterocycles. The lowest BCUT2D eigenvalue weighted by molar-refractivity contribution is -0.119. The molecule has 3 aliphatic carbocycles. The van der Waals surface area contributed by atoms with Crippen molar-refractivity contribution in [1.29, 1.82) is 0 Å².